The fraction of sp³-hybridized carbons (Fsp3) is 0.167. The van der Waals surface area contributed by atoms with Gasteiger partial charge in [0.15, 0.2) is 0 Å². The second kappa shape index (κ2) is 7.94. The van der Waals surface area contributed by atoms with Crippen LogP contribution in [-0.4, -0.2) is 29.2 Å². The minimum Gasteiger partial charge on any atom is -0.445 e. The first-order valence-corrected chi connectivity index (χ1v) is 8.79. The highest BCUT2D eigenvalue weighted by molar-refractivity contribution is 9.09. The Morgan fingerprint density at radius 3 is 2.64 bits per heavy atom. The molecule has 2 N–H and O–H groups in total. The summed E-state index contributed by atoms with van der Waals surface area (Å²) < 4.78 is 5.15. The Morgan fingerprint density at radius 2 is 1.88 bits per heavy atom. The largest absolute Gasteiger partial charge is 0.445 e. The number of nitrogens with zero attached hydrogens (tertiary/aromatic N) is 1. The van der Waals surface area contributed by atoms with Gasteiger partial charge in [-0.15, -0.1) is 0 Å². The maximum Gasteiger partial charge on any atom is 0.409 e. The van der Waals surface area contributed by atoms with E-state index >= 15 is 0 Å². The van der Waals surface area contributed by atoms with Gasteiger partial charge in [-0.05, 0) is 11.6 Å². The molecule has 0 saturated carbocycles. The molecular formula is C18H16BrN3O3. The van der Waals surface area contributed by atoms with E-state index in [1.54, 1.807) is 6.07 Å². The number of rotatable bonds is 4. The van der Waals surface area contributed by atoms with Crippen LogP contribution >= 0.6 is 15.9 Å². The molecule has 1 aliphatic rings. The first kappa shape index (κ1) is 17.2. The summed E-state index contributed by atoms with van der Waals surface area (Å²) in [7, 11) is 0. The van der Waals surface area contributed by atoms with Gasteiger partial charge >= 0.3 is 6.09 Å². The number of ether oxygens (including phenoxy) is 1. The average molecular weight is 402 g/mol. The predicted molar refractivity (Wildman–Crippen MR) is 99.0 cm³/mol. The molecule has 0 saturated heterocycles. The van der Waals surface area contributed by atoms with Gasteiger partial charge < -0.3 is 10.1 Å². The van der Waals surface area contributed by atoms with E-state index in [0.717, 1.165) is 11.1 Å². The fourth-order valence-electron chi connectivity index (χ4n) is 2.41. The molecule has 1 atom stereocenters. The molecular weight excluding hydrogens is 386 g/mol. The lowest BCUT2D eigenvalue weighted by Gasteiger charge is -2.13. The first-order chi connectivity index (χ1) is 12.2. The summed E-state index contributed by atoms with van der Waals surface area (Å²) in [4.78, 5) is 28.7. The van der Waals surface area contributed by atoms with Crippen LogP contribution in [0.1, 0.15) is 11.1 Å². The van der Waals surface area contributed by atoms with Gasteiger partial charge in [0.2, 0.25) is 6.17 Å². The predicted octanol–water partition coefficient (Wildman–Crippen LogP) is 3.08. The Balaban J connectivity index is 1.69. The number of fused-ring (bicyclic) bond motifs is 1. The second-order valence-corrected chi connectivity index (χ2v) is 5.91. The van der Waals surface area contributed by atoms with Crippen LogP contribution in [0.3, 0.4) is 0 Å². The zero-order valence-electron chi connectivity index (χ0n) is 13.2. The van der Waals surface area contributed by atoms with Crippen LogP contribution < -0.4 is 10.6 Å². The third kappa shape index (κ3) is 4.24. The number of alkyl carbamates (subject to hydrolysis) is 1. The monoisotopic (exact) mass is 401 g/mol. The van der Waals surface area contributed by atoms with Crippen molar-refractivity contribution in [1.82, 2.24) is 5.32 Å². The summed E-state index contributed by atoms with van der Waals surface area (Å²) in [5.74, 6) is -0.417. The Labute approximate surface area is 153 Å². The van der Waals surface area contributed by atoms with Gasteiger partial charge in [0.25, 0.3) is 5.91 Å². The van der Waals surface area contributed by atoms with Crippen LogP contribution in [0.2, 0.25) is 0 Å². The van der Waals surface area contributed by atoms with Crippen molar-refractivity contribution in [3.8, 4) is 0 Å². The molecule has 0 fully saturated rings. The molecule has 0 aromatic heterocycles. The molecule has 7 heteroatoms. The van der Waals surface area contributed by atoms with E-state index in [1.165, 1.54) is 0 Å². The number of carbonyl (C=O) groups is 2. The molecule has 3 rings (SSSR count). The van der Waals surface area contributed by atoms with Gasteiger partial charge in [0.05, 0.1) is 5.71 Å². The maximum absolute atomic E-state index is 12.3. The third-order valence-corrected chi connectivity index (χ3v) is 4.15. The van der Waals surface area contributed by atoms with Crippen molar-refractivity contribution in [2.45, 2.75) is 12.8 Å². The van der Waals surface area contributed by atoms with E-state index < -0.39 is 18.2 Å². The van der Waals surface area contributed by atoms with Gasteiger partial charge in [-0.25, -0.2) is 4.79 Å². The van der Waals surface area contributed by atoms with Crippen molar-refractivity contribution < 1.29 is 14.3 Å². The third-order valence-electron chi connectivity index (χ3n) is 3.62. The number of alkyl halides is 1. The van der Waals surface area contributed by atoms with Crippen LogP contribution in [0.5, 0.6) is 0 Å². The highest BCUT2D eigenvalue weighted by Gasteiger charge is 2.26. The van der Waals surface area contributed by atoms with Crippen molar-refractivity contribution >= 4 is 39.3 Å². The van der Waals surface area contributed by atoms with E-state index in [1.807, 2.05) is 48.5 Å². The van der Waals surface area contributed by atoms with Crippen LogP contribution in [-0.2, 0) is 16.1 Å². The zero-order chi connectivity index (χ0) is 17.6. The lowest BCUT2D eigenvalue weighted by molar-refractivity contribution is -0.117. The molecule has 1 heterocycles. The van der Waals surface area contributed by atoms with Gasteiger partial charge in [0.1, 0.15) is 6.61 Å². The SMILES string of the molecule is O=C(NC1N=C(CBr)c2ccccc2NC1=O)OCc1ccccc1. The number of hydrogen-bond donors (Lipinski definition) is 2. The minimum atomic E-state index is -1.05. The van der Waals surface area contributed by atoms with Crippen LogP contribution in [0.25, 0.3) is 0 Å². The number of para-hydroxylation sites is 1. The summed E-state index contributed by atoms with van der Waals surface area (Å²) in [5, 5.41) is 5.72. The van der Waals surface area contributed by atoms with E-state index in [4.69, 9.17) is 4.74 Å². The number of benzodiazepines with no additional fused rings is 1. The molecule has 0 bridgehead atoms. The Bertz CT molecular complexity index is 808. The first-order valence-electron chi connectivity index (χ1n) is 7.67. The van der Waals surface area contributed by atoms with Crippen molar-refractivity contribution in [2.24, 2.45) is 4.99 Å². The van der Waals surface area contributed by atoms with Crippen molar-refractivity contribution in [3.63, 3.8) is 0 Å². The van der Waals surface area contributed by atoms with Crippen molar-refractivity contribution in [1.29, 1.82) is 0 Å². The Hall–Kier alpha value is -2.67. The molecule has 0 aliphatic carbocycles. The molecule has 1 unspecified atom stereocenters. The van der Waals surface area contributed by atoms with Gasteiger partial charge in [-0.2, -0.15) is 0 Å². The van der Waals surface area contributed by atoms with E-state index in [9.17, 15) is 9.59 Å². The second-order valence-electron chi connectivity index (χ2n) is 5.35. The maximum atomic E-state index is 12.3. The van der Waals surface area contributed by atoms with Crippen LogP contribution in [0.15, 0.2) is 59.6 Å². The lowest BCUT2D eigenvalue weighted by Crippen LogP contribution is -2.42. The Kier molecular flexibility index (Phi) is 5.45. The van der Waals surface area contributed by atoms with E-state index in [-0.39, 0.29) is 6.61 Å². The fourth-order valence-corrected chi connectivity index (χ4v) is 2.86. The number of carbonyl (C=O) groups excluding carboxylic acids is 2. The number of aliphatic imine (C=N–C) groups is 1. The molecule has 0 spiro atoms. The minimum absolute atomic E-state index is 0.121. The molecule has 25 heavy (non-hydrogen) atoms. The Morgan fingerprint density at radius 1 is 1.16 bits per heavy atom. The number of halogens is 1. The van der Waals surface area contributed by atoms with Crippen LogP contribution in [0.4, 0.5) is 10.5 Å². The molecule has 2 aromatic rings. The number of benzene rings is 2. The molecule has 1 aliphatic heterocycles. The quantitative estimate of drug-likeness (QED) is 0.772. The standard InChI is InChI=1S/C18H16BrN3O3/c19-10-15-13-8-4-5-9-14(13)21-17(23)16(20-15)22-18(24)25-11-12-6-2-1-3-7-12/h1-9,16H,10-11H2,(H,21,23)(H,22,24). The van der Waals surface area contributed by atoms with Gasteiger partial charge in [-0.1, -0.05) is 64.5 Å². The highest BCUT2D eigenvalue weighted by atomic mass is 79.9. The molecule has 2 aromatic carbocycles. The number of nitrogens with one attached hydrogen (secondary N) is 2. The van der Waals surface area contributed by atoms with Crippen molar-refractivity contribution in [2.75, 3.05) is 10.6 Å². The van der Waals surface area contributed by atoms with Gasteiger partial charge in [-0.3, -0.25) is 15.1 Å². The normalized spacial score (nSPS) is 16.1. The summed E-state index contributed by atoms with van der Waals surface area (Å²) in [5.41, 5.74) is 3.00. The van der Waals surface area contributed by atoms with Gasteiger partial charge in [0, 0.05) is 16.6 Å². The molecule has 6 nitrogen and oxygen atoms in total. The number of anilines is 1. The number of hydrogen-bond acceptors (Lipinski definition) is 4. The molecule has 128 valence electrons. The van der Waals surface area contributed by atoms with Crippen molar-refractivity contribution in [3.05, 3.63) is 65.7 Å². The number of amides is 2. The summed E-state index contributed by atoms with van der Waals surface area (Å²) in [6, 6.07) is 16.7. The summed E-state index contributed by atoms with van der Waals surface area (Å²) in [6.07, 6.45) is -1.75. The zero-order valence-corrected chi connectivity index (χ0v) is 14.8. The average Bonchev–Trinajstić information content (AvgIpc) is 2.77. The molecule has 2 amide bonds. The molecule has 0 radical (unpaired) electrons. The smallest absolute Gasteiger partial charge is 0.409 e. The highest BCUT2D eigenvalue weighted by Crippen LogP contribution is 2.21. The summed E-state index contributed by atoms with van der Waals surface area (Å²) >= 11 is 3.38. The lowest BCUT2D eigenvalue weighted by atomic mass is 10.1. The van der Waals surface area contributed by atoms with Crippen LogP contribution in [0, 0.1) is 0 Å². The van der Waals surface area contributed by atoms with E-state index in [0.29, 0.717) is 16.7 Å². The summed E-state index contributed by atoms with van der Waals surface area (Å²) in [6.45, 7) is 0.121. The van der Waals surface area contributed by atoms with E-state index in [2.05, 4.69) is 31.6 Å². The topological polar surface area (TPSA) is 79.8 Å².